The van der Waals surface area contributed by atoms with Crippen molar-refractivity contribution in [3.05, 3.63) is 118 Å². The molecule has 8 nitrogen and oxygen atoms in total. The molecule has 0 saturated heterocycles. The number of fused-ring (bicyclic) bond motifs is 4. The lowest BCUT2D eigenvalue weighted by atomic mass is 9.79. The van der Waals surface area contributed by atoms with Crippen molar-refractivity contribution in [3.63, 3.8) is 0 Å². The van der Waals surface area contributed by atoms with Gasteiger partial charge in [0.2, 0.25) is 23.6 Å². The van der Waals surface area contributed by atoms with Crippen LogP contribution in [0.1, 0.15) is 147 Å². The summed E-state index contributed by atoms with van der Waals surface area (Å²) in [6.45, 7) is 18.7. The molecule has 2 aliphatic heterocycles. The Kier molecular flexibility index (Phi) is 16.3. The van der Waals surface area contributed by atoms with Gasteiger partial charge in [-0.3, -0.25) is 19.2 Å². The van der Waals surface area contributed by atoms with Gasteiger partial charge in [0, 0.05) is 58.5 Å². The molecule has 2 unspecified atom stereocenters. The van der Waals surface area contributed by atoms with Crippen LogP contribution in [0, 0.1) is 40.9 Å². The fourth-order valence-electron chi connectivity index (χ4n) is 13.3. The van der Waals surface area contributed by atoms with Crippen molar-refractivity contribution in [1.29, 1.82) is 0 Å². The van der Waals surface area contributed by atoms with E-state index in [4.69, 9.17) is 0 Å². The normalized spacial score (nSPS) is 24.1. The highest BCUT2D eigenvalue weighted by atomic mass is 16.2. The molecule has 2 fully saturated rings. The molecular weight excluding hydrogens is 865 g/mol. The van der Waals surface area contributed by atoms with Crippen LogP contribution < -0.4 is 0 Å². The summed E-state index contributed by atoms with van der Waals surface area (Å²) in [6, 6.07) is 28.0. The Hall–Kier alpha value is -4.98. The molecule has 9 rings (SSSR count). The Morgan fingerprint density at radius 1 is 0.557 bits per heavy atom. The molecule has 4 amide bonds. The summed E-state index contributed by atoms with van der Waals surface area (Å²) in [5, 5.41) is 0. The van der Waals surface area contributed by atoms with Gasteiger partial charge in [-0.25, -0.2) is 0 Å². The lowest BCUT2D eigenvalue weighted by molar-refractivity contribution is -0.140. The van der Waals surface area contributed by atoms with Crippen LogP contribution in [0.4, 0.5) is 0 Å². The summed E-state index contributed by atoms with van der Waals surface area (Å²) >= 11 is 0. The first-order valence-corrected chi connectivity index (χ1v) is 27.2. The first kappa shape index (κ1) is 51.4. The second-order valence-electron chi connectivity index (χ2n) is 24.0. The van der Waals surface area contributed by atoms with E-state index in [1.54, 1.807) is 0 Å². The van der Waals surface area contributed by atoms with E-state index < -0.39 is 0 Å². The van der Waals surface area contributed by atoms with Crippen LogP contribution in [0.15, 0.2) is 90.0 Å². The zero-order valence-electron chi connectivity index (χ0n) is 44.3. The lowest BCUT2D eigenvalue weighted by Gasteiger charge is -2.42. The topological polar surface area (TPSA) is 81.2 Å². The average Bonchev–Trinajstić information content (AvgIpc) is 3.92. The number of carbonyl (C=O) groups excluding carboxylic acids is 4. The maximum absolute atomic E-state index is 13.8. The van der Waals surface area contributed by atoms with Gasteiger partial charge < -0.3 is 19.6 Å². The second kappa shape index (κ2) is 22.2. The number of rotatable bonds is 11. The molecule has 70 heavy (non-hydrogen) atoms. The fraction of sp³-hybridized carbons (Fsp3) is 0.581. The summed E-state index contributed by atoms with van der Waals surface area (Å²) < 4.78 is 0. The molecule has 4 aliphatic carbocycles. The van der Waals surface area contributed by atoms with Crippen LogP contribution >= 0.6 is 0 Å². The van der Waals surface area contributed by atoms with Crippen molar-refractivity contribution < 1.29 is 19.2 Å². The van der Waals surface area contributed by atoms with E-state index in [1.165, 1.54) is 44.5 Å². The molecule has 3 aromatic rings. The average molecular weight is 949 g/mol. The van der Waals surface area contributed by atoms with E-state index in [2.05, 4.69) is 107 Å². The molecule has 3 aromatic carbocycles. The molecule has 0 radical (unpaired) electrons. The highest BCUT2D eigenvalue weighted by Gasteiger charge is 2.43. The molecule has 0 bridgehead atoms. The Bertz CT molecular complexity index is 2410. The number of benzene rings is 3. The van der Waals surface area contributed by atoms with Crippen molar-refractivity contribution in [2.45, 2.75) is 150 Å². The van der Waals surface area contributed by atoms with Gasteiger partial charge in [0.05, 0.1) is 18.5 Å². The highest BCUT2D eigenvalue weighted by molar-refractivity contribution is 5.86. The predicted octanol–water partition coefficient (Wildman–Crippen LogP) is 11.7. The predicted molar refractivity (Wildman–Crippen MR) is 284 cm³/mol. The van der Waals surface area contributed by atoms with Crippen LogP contribution in [0.2, 0.25) is 0 Å². The maximum atomic E-state index is 13.8. The summed E-state index contributed by atoms with van der Waals surface area (Å²) in [6.07, 6.45) is 12.9. The Morgan fingerprint density at radius 3 is 1.37 bits per heavy atom. The van der Waals surface area contributed by atoms with Gasteiger partial charge >= 0.3 is 0 Å². The Balaban J connectivity index is 0.000000189. The van der Waals surface area contributed by atoms with Gasteiger partial charge in [0.25, 0.3) is 0 Å². The summed E-state index contributed by atoms with van der Waals surface area (Å²) in [4.78, 5) is 61.1. The van der Waals surface area contributed by atoms with Crippen LogP contribution in [0.25, 0.3) is 11.1 Å². The summed E-state index contributed by atoms with van der Waals surface area (Å²) in [5.74, 6) is 3.24. The van der Waals surface area contributed by atoms with Gasteiger partial charge in [0.15, 0.2) is 0 Å². The lowest BCUT2D eigenvalue weighted by Crippen LogP contribution is -2.50. The number of carbonyl (C=O) groups is 4. The third-order valence-corrected chi connectivity index (χ3v) is 16.8. The van der Waals surface area contributed by atoms with E-state index in [1.807, 2.05) is 54.2 Å². The fourth-order valence-corrected chi connectivity index (χ4v) is 13.3. The minimum atomic E-state index is 0.0206. The Labute approximate surface area is 421 Å². The molecule has 2 atom stereocenters. The first-order chi connectivity index (χ1) is 33.5. The van der Waals surface area contributed by atoms with E-state index in [0.29, 0.717) is 48.3 Å². The first-order valence-electron chi connectivity index (χ1n) is 27.2. The molecule has 376 valence electrons. The summed E-state index contributed by atoms with van der Waals surface area (Å²) in [5.41, 5.74) is 12.7. The van der Waals surface area contributed by atoms with Gasteiger partial charge in [-0.1, -0.05) is 127 Å². The molecule has 0 N–H and O–H groups in total. The Morgan fingerprint density at radius 2 is 0.957 bits per heavy atom. The van der Waals surface area contributed by atoms with E-state index in [9.17, 15) is 19.2 Å². The number of likely N-dealkylation sites (N-methyl/N-ethyl adjacent to an activating group) is 1. The largest absolute Gasteiger partial charge is 0.345 e. The third-order valence-electron chi connectivity index (χ3n) is 16.8. The van der Waals surface area contributed by atoms with Crippen LogP contribution in [-0.2, 0) is 38.4 Å². The minimum absolute atomic E-state index is 0.0206. The van der Waals surface area contributed by atoms with Crippen molar-refractivity contribution in [2.24, 2.45) is 40.9 Å². The SMILES string of the molecule is CC(C)C1C2=C(CCN1C(=O)C1CCC(CN(C)C(=O)CC(C)(C)C)CC1)c1ccccc1C2.CC(C)C1C2=C(CCN1C(=O)C1CCC(CN(C)C(=O)Cc3ccccc3)CC1)c1ccccc1C2. The highest BCUT2D eigenvalue weighted by Crippen LogP contribution is 2.46. The zero-order valence-corrected chi connectivity index (χ0v) is 44.3. The third kappa shape index (κ3) is 11.7. The van der Waals surface area contributed by atoms with Crippen LogP contribution in [-0.4, -0.2) is 95.6 Å². The molecule has 8 heteroatoms. The van der Waals surface area contributed by atoms with E-state index >= 15 is 0 Å². The van der Waals surface area contributed by atoms with E-state index in [0.717, 1.165) is 109 Å². The number of amides is 4. The smallest absolute Gasteiger partial charge is 0.226 e. The monoisotopic (exact) mass is 949 g/mol. The second-order valence-corrected chi connectivity index (χ2v) is 24.0. The molecule has 0 spiro atoms. The van der Waals surface area contributed by atoms with Gasteiger partial charge in [-0.05, 0) is 156 Å². The van der Waals surface area contributed by atoms with Gasteiger partial charge in [-0.15, -0.1) is 0 Å². The maximum Gasteiger partial charge on any atom is 0.226 e. The number of nitrogens with zero attached hydrogens (tertiary/aromatic N) is 4. The van der Waals surface area contributed by atoms with Crippen molar-refractivity contribution in [2.75, 3.05) is 40.3 Å². The molecule has 2 heterocycles. The van der Waals surface area contributed by atoms with Crippen LogP contribution in [0.3, 0.4) is 0 Å². The van der Waals surface area contributed by atoms with Gasteiger partial charge in [-0.2, -0.15) is 0 Å². The molecule has 0 aromatic heterocycles. The van der Waals surface area contributed by atoms with Crippen LogP contribution in [0.5, 0.6) is 0 Å². The quantitative estimate of drug-likeness (QED) is 0.192. The zero-order chi connectivity index (χ0) is 49.9. The molecular formula is C62H84N4O4. The molecule has 6 aliphatic rings. The van der Waals surface area contributed by atoms with Crippen molar-refractivity contribution in [3.8, 4) is 0 Å². The number of hydrogen-bond acceptors (Lipinski definition) is 4. The standard InChI is InChI=1S/C32H40N2O2.C30H44N2O2/c1-22(2)31-29-20-26-11-7-8-12-27(26)28(29)17-18-34(31)32(36)25-15-13-24(14-16-25)21-33(3)30(35)19-23-9-5-4-6-10-23;1-20(2)28-26-17-23-9-7-8-10-24(23)25(26)15-16-32(28)29(34)22-13-11-21(12-14-22)19-31(6)27(33)18-30(3,4)5/h4-12,22,24-25,31H,13-21H2,1-3H3;7-10,20-22,28H,11-19H2,1-6H3. The van der Waals surface area contributed by atoms with Crippen molar-refractivity contribution in [1.82, 2.24) is 19.6 Å². The minimum Gasteiger partial charge on any atom is -0.345 e. The summed E-state index contributed by atoms with van der Waals surface area (Å²) in [7, 11) is 3.87. The number of hydrogen-bond donors (Lipinski definition) is 0. The van der Waals surface area contributed by atoms with E-state index in [-0.39, 0.29) is 41.1 Å². The van der Waals surface area contributed by atoms with Gasteiger partial charge in [0.1, 0.15) is 0 Å². The molecule has 2 saturated carbocycles. The van der Waals surface area contributed by atoms with Crippen molar-refractivity contribution >= 4 is 34.8 Å².